The van der Waals surface area contributed by atoms with E-state index >= 15 is 0 Å². The number of carbonyl (C=O) groups is 2. The van der Waals surface area contributed by atoms with Gasteiger partial charge >= 0.3 is 0 Å². The maximum Gasteiger partial charge on any atom is 0.262 e. The second-order valence-corrected chi connectivity index (χ2v) is 5.68. The molecule has 0 aromatic carbocycles. The lowest BCUT2D eigenvalue weighted by Crippen LogP contribution is -2.35. The molecule has 1 aromatic heterocycles. The predicted molar refractivity (Wildman–Crippen MR) is 81.0 cm³/mol. The smallest absolute Gasteiger partial charge is 0.262 e. The number of thiophene rings is 1. The van der Waals surface area contributed by atoms with Crippen molar-refractivity contribution in [1.82, 2.24) is 10.6 Å². The molecule has 2 rings (SSSR count). The fourth-order valence-corrected chi connectivity index (χ4v) is 2.49. The van der Waals surface area contributed by atoms with E-state index in [1.165, 1.54) is 11.3 Å². The summed E-state index contributed by atoms with van der Waals surface area (Å²) in [4.78, 5) is 24.0. The van der Waals surface area contributed by atoms with E-state index in [4.69, 9.17) is 5.11 Å². The SMILES string of the molecule is O=C(NCCNC(=O)C1CC1)c1sccc1C#CCCO. The third kappa shape index (κ3) is 4.88. The molecule has 1 fully saturated rings. The molecule has 21 heavy (non-hydrogen) atoms. The summed E-state index contributed by atoms with van der Waals surface area (Å²) >= 11 is 1.33. The fourth-order valence-electron chi connectivity index (χ4n) is 1.73. The average molecular weight is 306 g/mol. The lowest BCUT2D eigenvalue weighted by Gasteiger charge is -2.06. The standard InChI is InChI=1S/C15H18N2O3S/c18-9-2-1-3-11-6-10-21-13(11)15(20)17-8-7-16-14(19)12-4-5-12/h6,10,12,18H,2,4-5,7-9H2,(H,16,19)(H,17,20). The van der Waals surface area contributed by atoms with Gasteiger partial charge in [0.25, 0.3) is 5.91 Å². The highest BCUT2D eigenvalue weighted by Gasteiger charge is 2.29. The van der Waals surface area contributed by atoms with Crippen LogP contribution in [0.25, 0.3) is 0 Å². The summed E-state index contributed by atoms with van der Waals surface area (Å²) in [5.41, 5.74) is 0.674. The molecule has 1 aliphatic carbocycles. The maximum absolute atomic E-state index is 12.0. The molecule has 5 nitrogen and oxygen atoms in total. The van der Waals surface area contributed by atoms with Crippen LogP contribution in [0.4, 0.5) is 0 Å². The van der Waals surface area contributed by atoms with E-state index in [9.17, 15) is 9.59 Å². The van der Waals surface area contributed by atoms with Crippen LogP contribution in [-0.4, -0.2) is 36.6 Å². The van der Waals surface area contributed by atoms with Crippen LogP contribution in [0.5, 0.6) is 0 Å². The first kappa shape index (κ1) is 15.5. The van der Waals surface area contributed by atoms with Gasteiger partial charge in [0.05, 0.1) is 6.61 Å². The van der Waals surface area contributed by atoms with Gasteiger partial charge < -0.3 is 15.7 Å². The van der Waals surface area contributed by atoms with Crippen LogP contribution in [0.2, 0.25) is 0 Å². The Balaban J connectivity index is 1.76. The van der Waals surface area contributed by atoms with Crippen molar-refractivity contribution in [2.75, 3.05) is 19.7 Å². The first-order chi connectivity index (χ1) is 10.2. The van der Waals surface area contributed by atoms with Crippen molar-refractivity contribution >= 4 is 23.2 Å². The van der Waals surface area contributed by atoms with Crippen molar-refractivity contribution in [2.24, 2.45) is 5.92 Å². The van der Waals surface area contributed by atoms with Crippen LogP contribution in [0, 0.1) is 17.8 Å². The number of amides is 2. The third-order valence-corrected chi connectivity index (χ3v) is 3.90. The van der Waals surface area contributed by atoms with E-state index < -0.39 is 0 Å². The lowest BCUT2D eigenvalue weighted by molar-refractivity contribution is -0.122. The van der Waals surface area contributed by atoms with Crippen molar-refractivity contribution in [1.29, 1.82) is 0 Å². The molecule has 0 aliphatic heterocycles. The monoisotopic (exact) mass is 306 g/mol. The van der Waals surface area contributed by atoms with Crippen LogP contribution in [0.3, 0.4) is 0 Å². The number of hydrogen-bond donors (Lipinski definition) is 3. The molecule has 0 atom stereocenters. The van der Waals surface area contributed by atoms with Crippen molar-refractivity contribution < 1.29 is 14.7 Å². The molecule has 1 aliphatic rings. The number of hydrogen-bond acceptors (Lipinski definition) is 4. The van der Waals surface area contributed by atoms with E-state index in [-0.39, 0.29) is 24.3 Å². The van der Waals surface area contributed by atoms with Gasteiger partial charge in [-0.15, -0.1) is 11.3 Å². The molecule has 1 aromatic rings. The number of aliphatic hydroxyl groups is 1. The number of rotatable bonds is 6. The van der Waals surface area contributed by atoms with Crippen LogP contribution in [0.1, 0.15) is 34.5 Å². The van der Waals surface area contributed by atoms with Crippen molar-refractivity contribution in [3.8, 4) is 11.8 Å². The minimum Gasteiger partial charge on any atom is -0.395 e. The van der Waals surface area contributed by atoms with Gasteiger partial charge in [-0.25, -0.2) is 0 Å². The summed E-state index contributed by atoms with van der Waals surface area (Å²) in [6.07, 6.45) is 2.34. The molecule has 0 unspecified atom stereocenters. The Morgan fingerprint density at radius 3 is 2.81 bits per heavy atom. The molecule has 0 radical (unpaired) electrons. The Kier molecular flexibility index (Phi) is 5.78. The molecule has 6 heteroatoms. The number of nitrogens with one attached hydrogen (secondary N) is 2. The predicted octanol–water partition coefficient (Wildman–Crippen LogP) is 0.738. The summed E-state index contributed by atoms with van der Waals surface area (Å²) in [6, 6.07) is 1.79. The van der Waals surface area contributed by atoms with Crippen LogP contribution in [0.15, 0.2) is 11.4 Å². The highest BCUT2D eigenvalue weighted by molar-refractivity contribution is 7.12. The minimum atomic E-state index is -0.182. The molecule has 1 heterocycles. The molecule has 0 spiro atoms. The summed E-state index contributed by atoms with van der Waals surface area (Å²) in [5.74, 6) is 5.77. The van der Waals surface area contributed by atoms with Gasteiger partial charge in [0.2, 0.25) is 5.91 Å². The van der Waals surface area contributed by atoms with E-state index in [1.807, 2.05) is 5.38 Å². The Labute approximate surface area is 127 Å². The van der Waals surface area contributed by atoms with E-state index in [2.05, 4.69) is 22.5 Å². The highest BCUT2D eigenvalue weighted by atomic mass is 32.1. The lowest BCUT2D eigenvalue weighted by atomic mass is 10.2. The van der Waals surface area contributed by atoms with Gasteiger partial charge in [-0.1, -0.05) is 11.8 Å². The molecule has 2 amide bonds. The summed E-state index contributed by atoms with van der Waals surface area (Å²) in [6.45, 7) is 0.857. The Morgan fingerprint density at radius 1 is 1.33 bits per heavy atom. The zero-order chi connectivity index (χ0) is 15.1. The zero-order valence-electron chi connectivity index (χ0n) is 11.6. The Hall–Kier alpha value is -1.84. The Bertz CT molecular complexity index is 567. The fraction of sp³-hybridized carbons (Fsp3) is 0.467. The first-order valence-corrected chi connectivity index (χ1v) is 7.83. The quantitative estimate of drug-likeness (QED) is 0.536. The zero-order valence-corrected chi connectivity index (χ0v) is 12.5. The van der Waals surface area contributed by atoms with Gasteiger partial charge in [-0.2, -0.15) is 0 Å². The topological polar surface area (TPSA) is 78.4 Å². The molecule has 1 saturated carbocycles. The van der Waals surface area contributed by atoms with Crippen LogP contribution in [-0.2, 0) is 4.79 Å². The average Bonchev–Trinajstić information content (AvgIpc) is 3.23. The molecule has 3 N–H and O–H groups in total. The van der Waals surface area contributed by atoms with Gasteiger partial charge in [-0.3, -0.25) is 9.59 Å². The van der Waals surface area contributed by atoms with Gasteiger partial charge in [0.15, 0.2) is 0 Å². The number of carbonyl (C=O) groups excluding carboxylic acids is 2. The third-order valence-electron chi connectivity index (χ3n) is 2.99. The minimum absolute atomic E-state index is 0.0133. The molecule has 0 saturated heterocycles. The van der Waals surface area contributed by atoms with Crippen molar-refractivity contribution in [2.45, 2.75) is 19.3 Å². The summed E-state index contributed by atoms with van der Waals surface area (Å²) in [7, 11) is 0. The summed E-state index contributed by atoms with van der Waals surface area (Å²) in [5, 5.41) is 16.1. The van der Waals surface area contributed by atoms with Gasteiger partial charge in [-0.05, 0) is 24.3 Å². The van der Waals surface area contributed by atoms with Gasteiger partial charge in [0, 0.05) is 31.0 Å². The molecular formula is C15H18N2O3S. The largest absolute Gasteiger partial charge is 0.395 e. The Morgan fingerprint density at radius 2 is 2.10 bits per heavy atom. The van der Waals surface area contributed by atoms with Crippen molar-refractivity contribution in [3.05, 3.63) is 21.9 Å². The number of aliphatic hydroxyl groups excluding tert-OH is 1. The van der Waals surface area contributed by atoms with Crippen molar-refractivity contribution in [3.63, 3.8) is 0 Å². The maximum atomic E-state index is 12.0. The first-order valence-electron chi connectivity index (χ1n) is 6.95. The second kappa shape index (κ2) is 7.81. The molecule has 112 valence electrons. The molecule has 0 bridgehead atoms. The normalized spacial score (nSPS) is 13.2. The van der Waals surface area contributed by atoms with Crippen LogP contribution < -0.4 is 10.6 Å². The van der Waals surface area contributed by atoms with E-state index in [0.717, 1.165) is 12.8 Å². The molecular weight excluding hydrogens is 288 g/mol. The summed E-state index contributed by atoms with van der Waals surface area (Å²) < 4.78 is 0. The van der Waals surface area contributed by atoms with E-state index in [1.54, 1.807) is 6.07 Å². The highest BCUT2D eigenvalue weighted by Crippen LogP contribution is 2.28. The van der Waals surface area contributed by atoms with Crippen LogP contribution >= 0.6 is 11.3 Å². The van der Waals surface area contributed by atoms with Gasteiger partial charge in [0.1, 0.15) is 4.88 Å². The second-order valence-electron chi connectivity index (χ2n) is 4.76. The van der Waals surface area contributed by atoms with E-state index in [0.29, 0.717) is 30.0 Å².